The first-order valence-corrected chi connectivity index (χ1v) is 6.67. The minimum absolute atomic E-state index is 0.0525. The van der Waals surface area contributed by atoms with Crippen LogP contribution in [0.15, 0.2) is 0 Å². The number of fused-ring (bicyclic) bond motifs is 1. The molecule has 1 N–H and O–H groups in total. The molecule has 0 fully saturated rings. The molecule has 19 heavy (non-hydrogen) atoms. The maximum atomic E-state index is 12.2. The Kier molecular flexibility index (Phi) is 4.06. The first-order valence-electron chi connectivity index (χ1n) is 5.86. The van der Waals surface area contributed by atoms with Crippen LogP contribution in [0.2, 0.25) is 0 Å². The highest BCUT2D eigenvalue weighted by Gasteiger charge is 2.35. The van der Waals surface area contributed by atoms with E-state index in [1.54, 1.807) is 0 Å². The van der Waals surface area contributed by atoms with Gasteiger partial charge in [0.25, 0.3) is 0 Å². The van der Waals surface area contributed by atoms with Crippen LogP contribution in [0, 0.1) is 5.92 Å². The molecule has 0 aliphatic heterocycles. The molecule has 7 heteroatoms. The fourth-order valence-corrected chi connectivity index (χ4v) is 3.09. The zero-order valence-corrected chi connectivity index (χ0v) is 11.5. The van der Waals surface area contributed by atoms with Gasteiger partial charge >= 0.3 is 0 Å². The number of amides is 1. The summed E-state index contributed by atoms with van der Waals surface area (Å²) in [6.07, 6.45) is 1.02. The van der Waals surface area contributed by atoms with Gasteiger partial charge in [0, 0.05) is 14.0 Å². The third-order valence-electron chi connectivity index (χ3n) is 2.87. The Morgan fingerprint density at radius 2 is 2.26 bits per heavy atom. The highest BCUT2D eigenvalue weighted by atomic mass is 32.1. The van der Waals surface area contributed by atoms with Crippen LogP contribution < -0.4 is 5.32 Å². The standard InChI is InChI=1S/C12H14N2O4S/c1-6(15)13-12-14-8-4-3-7(9(16)5-18-2)10(17)11(8)19-12/h7H,3-5H2,1-2H3,(H,13,14,15). The van der Waals surface area contributed by atoms with Gasteiger partial charge in [-0.1, -0.05) is 11.3 Å². The van der Waals surface area contributed by atoms with Gasteiger partial charge in [0.15, 0.2) is 16.7 Å². The molecule has 0 bridgehead atoms. The van der Waals surface area contributed by atoms with Crippen molar-refractivity contribution in [3.8, 4) is 0 Å². The predicted octanol–water partition coefficient (Wildman–Crippen LogP) is 1.06. The SMILES string of the molecule is COCC(=O)C1CCc2nc(NC(C)=O)sc2C1=O. The number of rotatable bonds is 4. The van der Waals surface area contributed by atoms with Gasteiger partial charge in [-0.15, -0.1) is 0 Å². The van der Waals surface area contributed by atoms with Gasteiger partial charge in [0.1, 0.15) is 6.61 Å². The van der Waals surface area contributed by atoms with Crippen LogP contribution in [0.4, 0.5) is 5.13 Å². The van der Waals surface area contributed by atoms with Crippen molar-refractivity contribution in [3.63, 3.8) is 0 Å². The summed E-state index contributed by atoms with van der Waals surface area (Å²) in [5, 5.41) is 2.97. The quantitative estimate of drug-likeness (QED) is 0.835. The number of Topliss-reactive ketones (excluding diaryl/α,β-unsaturated/α-hetero) is 2. The van der Waals surface area contributed by atoms with Crippen LogP contribution in [0.1, 0.15) is 28.7 Å². The van der Waals surface area contributed by atoms with Gasteiger partial charge in [0.05, 0.1) is 16.5 Å². The Morgan fingerprint density at radius 3 is 2.89 bits per heavy atom. The molecule has 6 nitrogen and oxygen atoms in total. The Hall–Kier alpha value is -1.60. The van der Waals surface area contributed by atoms with Gasteiger partial charge in [-0.05, 0) is 12.8 Å². The van der Waals surface area contributed by atoms with Crippen molar-refractivity contribution in [2.45, 2.75) is 19.8 Å². The molecule has 1 unspecified atom stereocenters. The van der Waals surface area contributed by atoms with Crippen LogP contribution in [-0.2, 0) is 20.7 Å². The fraction of sp³-hybridized carbons (Fsp3) is 0.500. The monoisotopic (exact) mass is 282 g/mol. The lowest BCUT2D eigenvalue weighted by Gasteiger charge is -2.17. The summed E-state index contributed by atoms with van der Waals surface area (Å²) in [5.74, 6) is -1.28. The molecule has 1 atom stereocenters. The van der Waals surface area contributed by atoms with E-state index in [9.17, 15) is 14.4 Å². The van der Waals surface area contributed by atoms with Gasteiger partial charge < -0.3 is 10.1 Å². The van der Waals surface area contributed by atoms with Crippen molar-refractivity contribution >= 4 is 33.9 Å². The molecule has 0 saturated heterocycles. The number of nitrogens with one attached hydrogen (secondary N) is 1. The fourth-order valence-electron chi connectivity index (χ4n) is 2.04. The number of carbonyl (C=O) groups is 3. The zero-order valence-electron chi connectivity index (χ0n) is 10.7. The number of carbonyl (C=O) groups excluding carboxylic acids is 3. The van der Waals surface area contributed by atoms with E-state index in [-0.39, 0.29) is 24.1 Å². The molecule has 1 heterocycles. The topological polar surface area (TPSA) is 85.4 Å². The molecule has 0 aromatic carbocycles. The highest BCUT2D eigenvalue weighted by Crippen LogP contribution is 2.32. The predicted molar refractivity (Wildman–Crippen MR) is 69.4 cm³/mol. The number of ether oxygens (including phenoxy) is 1. The van der Waals surface area contributed by atoms with E-state index in [2.05, 4.69) is 10.3 Å². The number of hydrogen-bond donors (Lipinski definition) is 1. The minimum Gasteiger partial charge on any atom is -0.377 e. The number of methoxy groups -OCH3 is 1. The van der Waals surface area contributed by atoms with Crippen LogP contribution in [-0.4, -0.2) is 36.2 Å². The van der Waals surface area contributed by atoms with Crippen molar-refractivity contribution in [1.29, 1.82) is 0 Å². The average Bonchev–Trinajstić information content (AvgIpc) is 2.72. The zero-order chi connectivity index (χ0) is 14.0. The average molecular weight is 282 g/mol. The third kappa shape index (κ3) is 2.87. The van der Waals surface area contributed by atoms with Crippen molar-refractivity contribution in [2.24, 2.45) is 5.92 Å². The second kappa shape index (κ2) is 5.58. The number of thiazole rings is 1. The van der Waals surface area contributed by atoms with E-state index in [4.69, 9.17) is 4.74 Å². The van der Waals surface area contributed by atoms with E-state index in [1.165, 1.54) is 14.0 Å². The number of ketones is 2. The summed E-state index contributed by atoms with van der Waals surface area (Å²) in [6.45, 7) is 1.33. The maximum Gasteiger partial charge on any atom is 0.223 e. The molecule has 1 aliphatic carbocycles. The van der Waals surface area contributed by atoms with Crippen LogP contribution in [0.3, 0.4) is 0 Å². The Labute approximate surface area is 114 Å². The summed E-state index contributed by atoms with van der Waals surface area (Å²) in [6, 6.07) is 0. The number of anilines is 1. The molecule has 1 aromatic rings. The summed E-state index contributed by atoms with van der Waals surface area (Å²) >= 11 is 1.13. The normalized spacial score (nSPS) is 18.0. The van der Waals surface area contributed by atoms with Crippen molar-refractivity contribution in [3.05, 3.63) is 10.6 Å². The van der Waals surface area contributed by atoms with Gasteiger partial charge in [0.2, 0.25) is 5.91 Å². The minimum atomic E-state index is -0.641. The van der Waals surface area contributed by atoms with E-state index in [0.29, 0.717) is 28.5 Å². The molecule has 1 aromatic heterocycles. The lowest BCUT2D eigenvalue weighted by molar-refractivity contribution is -0.125. The molecule has 0 spiro atoms. The largest absolute Gasteiger partial charge is 0.377 e. The van der Waals surface area contributed by atoms with E-state index >= 15 is 0 Å². The molecule has 2 rings (SSSR count). The molecule has 102 valence electrons. The first-order chi connectivity index (χ1) is 9.02. The summed E-state index contributed by atoms with van der Waals surface area (Å²) in [7, 11) is 1.43. The summed E-state index contributed by atoms with van der Waals surface area (Å²) in [5.41, 5.74) is 0.667. The molecular weight excluding hydrogens is 268 g/mol. The smallest absolute Gasteiger partial charge is 0.223 e. The summed E-state index contributed by atoms with van der Waals surface area (Å²) < 4.78 is 4.78. The van der Waals surface area contributed by atoms with E-state index < -0.39 is 5.92 Å². The van der Waals surface area contributed by atoms with E-state index in [0.717, 1.165) is 11.3 Å². The second-order valence-corrected chi connectivity index (χ2v) is 5.33. The number of nitrogens with zero attached hydrogens (tertiary/aromatic N) is 1. The van der Waals surface area contributed by atoms with Crippen LogP contribution in [0.5, 0.6) is 0 Å². The molecule has 0 saturated carbocycles. The Bertz CT molecular complexity index is 538. The first kappa shape index (κ1) is 13.8. The van der Waals surface area contributed by atoms with Crippen molar-refractivity contribution < 1.29 is 19.1 Å². The molecule has 1 amide bonds. The van der Waals surface area contributed by atoms with Crippen LogP contribution >= 0.6 is 11.3 Å². The maximum absolute atomic E-state index is 12.2. The Balaban J connectivity index is 2.21. The lowest BCUT2D eigenvalue weighted by Crippen LogP contribution is -2.31. The Morgan fingerprint density at radius 1 is 1.53 bits per heavy atom. The lowest BCUT2D eigenvalue weighted by atomic mass is 9.87. The molecular formula is C12H14N2O4S. The second-order valence-electron chi connectivity index (χ2n) is 4.33. The number of aromatic nitrogens is 1. The van der Waals surface area contributed by atoms with E-state index in [1.807, 2.05) is 0 Å². The summed E-state index contributed by atoms with van der Waals surface area (Å²) in [4.78, 5) is 39.6. The number of hydrogen-bond acceptors (Lipinski definition) is 6. The van der Waals surface area contributed by atoms with Crippen molar-refractivity contribution in [1.82, 2.24) is 4.98 Å². The number of aryl methyl sites for hydroxylation is 1. The van der Waals surface area contributed by atoms with Gasteiger partial charge in [-0.25, -0.2) is 4.98 Å². The molecule has 1 aliphatic rings. The molecule has 0 radical (unpaired) electrons. The van der Waals surface area contributed by atoms with Crippen LogP contribution in [0.25, 0.3) is 0 Å². The third-order valence-corrected chi connectivity index (χ3v) is 3.89. The van der Waals surface area contributed by atoms with Gasteiger partial charge in [-0.3, -0.25) is 14.4 Å². The van der Waals surface area contributed by atoms with Crippen molar-refractivity contribution in [2.75, 3.05) is 19.0 Å². The van der Waals surface area contributed by atoms with Gasteiger partial charge in [-0.2, -0.15) is 0 Å². The highest BCUT2D eigenvalue weighted by molar-refractivity contribution is 7.17.